The van der Waals surface area contributed by atoms with E-state index in [1.165, 1.54) is 19.2 Å². The van der Waals surface area contributed by atoms with E-state index >= 15 is 0 Å². The van der Waals surface area contributed by atoms with E-state index in [1.807, 2.05) is 42.5 Å². The van der Waals surface area contributed by atoms with Crippen molar-refractivity contribution in [1.29, 1.82) is 10.5 Å². The molecule has 2 saturated carbocycles. The number of carbonyl (C=O) groups excluding carboxylic acids is 1. The van der Waals surface area contributed by atoms with Crippen molar-refractivity contribution in [1.82, 2.24) is 29.7 Å². The van der Waals surface area contributed by atoms with Crippen LogP contribution in [0.4, 0.5) is 8.78 Å². The lowest BCUT2D eigenvalue weighted by Gasteiger charge is -2.28. The molecule has 0 radical (unpaired) electrons. The highest BCUT2D eigenvalue weighted by Crippen LogP contribution is 2.58. The van der Waals surface area contributed by atoms with Crippen molar-refractivity contribution in [2.75, 3.05) is 47.0 Å². The maximum absolute atomic E-state index is 14.3. The maximum Gasteiger partial charge on any atom is 0.338 e. The number of piperidine rings is 2. The lowest BCUT2D eigenvalue weighted by atomic mass is 10.1. The van der Waals surface area contributed by atoms with Crippen molar-refractivity contribution >= 4 is 17.0 Å². The number of hydrogen-bond donors (Lipinski definition) is 1. The first-order valence-electron chi connectivity index (χ1n) is 22.5. The summed E-state index contributed by atoms with van der Waals surface area (Å²) in [5, 5.41) is 21.1. The monoisotopic (exact) mass is 906 g/mol. The Kier molecular flexibility index (Phi) is 12.3. The number of esters is 1. The van der Waals surface area contributed by atoms with Crippen molar-refractivity contribution in [2.45, 2.75) is 50.7 Å². The van der Waals surface area contributed by atoms with Crippen LogP contribution in [0.3, 0.4) is 0 Å². The fraction of sp³-hybridized carbons (Fsp3) is 0.373. The van der Waals surface area contributed by atoms with E-state index in [4.69, 9.17) is 44.2 Å². The standard InChI is InChI=1S/C33H32FN5O5.C18H16FN3O/c1-41-28-12-21(33(40)42-2)11-27-32(28)37-29(39(27)14-22-8-9-43-22)17-38-15-23-24(16-38)31(23)26-4-3-5-30(36-26)44-18-20-7-6-19(13-35)10-25(20)34;19-15-6-11(7-20)4-5-12(15)10-23-17-3-1-2-16(22-17)18-13-8-21-9-14(13)18/h3-7,10-12,22-24,31H,8-9,14-18H2,1-2H3;1-6,13-14,18,21H,8-10H2/t22?,23-,24+,31?;13-,14+,18?. The summed E-state index contributed by atoms with van der Waals surface area (Å²) in [6.45, 7) is 6.21. The van der Waals surface area contributed by atoms with Crippen LogP contribution >= 0.6 is 0 Å². The van der Waals surface area contributed by atoms with Gasteiger partial charge in [0.2, 0.25) is 11.8 Å². The number of rotatable bonds is 14. The molecule has 0 spiro atoms. The normalized spacial score (nSPS) is 23.1. The number of fused-ring (bicyclic) bond motifs is 3. The second kappa shape index (κ2) is 18.7. The summed E-state index contributed by atoms with van der Waals surface area (Å²) in [5.74, 6) is 4.38. The topological polar surface area (TPSA) is 170 Å². The molecule has 3 aromatic carbocycles. The zero-order valence-corrected chi connectivity index (χ0v) is 37.0. The number of hydrogen-bond acceptors (Lipinski definition) is 13. The number of benzene rings is 3. The second-order valence-corrected chi connectivity index (χ2v) is 17.7. The van der Waals surface area contributed by atoms with Crippen LogP contribution in [0.5, 0.6) is 17.5 Å². The molecule has 0 amide bonds. The molecule has 3 saturated heterocycles. The van der Waals surface area contributed by atoms with E-state index < -0.39 is 17.6 Å². The van der Waals surface area contributed by atoms with Gasteiger partial charge < -0.3 is 33.6 Å². The molecule has 2 aliphatic carbocycles. The first-order chi connectivity index (χ1) is 32.7. The number of carbonyl (C=O) groups is 1. The van der Waals surface area contributed by atoms with Crippen LogP contribution in [0.1, 0.15) is 68.1 Å². The lowest BCUT2D eigenvalue weighted by Crippen LogP contribution is -2.33. The Morgan fingerprint density at radius 2 is 1.37 bits per heavy atom. The average molecular weight is 907 g/mol. The molecule has 1 N–H and O–H groups in total. The molecule has 6 heterocycles. The number of nitriles is 2. The summed E-state index contributed by atoms with van der Waals surface area (Å²) < 4.78 is 58.1. The number of imidazole rings is 1. The Morgan fingerprint density at radius 3 is 1.88 bits per heavy atom. The third-order valence-electron chi connectivity index (χ3n) is 13.7. The number of nitrogens with zero attached hydrogens (tertiary/aromatic N) is 7. The zero-order chi connectivity index (χ0) is 46.2. The van der Waals surface area contributed by atoms with E-state index in [0.717, 1.165) is 67.5 Å². The summed E-state index contributed by atoms with van der Waals surface area (Å²) in [5.41, 5.74) is 5.42. The van der Waals surface area contributed by atoms with Gasteiger partial charge in [0.05, 0.1) is 67.8 Å². The van der Waals surface area contributed by atoms with Crippen molar-refractivity contribution in [3.63, 3.8) is 0 Å². The second-order valence-electron chi connectivity index (χ2n) is 17.7. The lowest BCUT2D eigenvalue weighted by molar-refractivity contribution is -0.0591. The van der Waals surface area contributed by atoms with Crippen LogP contribution in [0.25, 0.3) is 11.0 Å². The molecule has 0 bridgehead atoms. The number of pyridine rings is 2. The van der Waals surface area contributed by atoms with Gasteiger partial charge >= 0.3 is 5.97 Å². The zero-order valence-electron chi connectivity index (χ0n) is 37.0. The molecule has 67 heavy (non-hydrogen) atoms. The van der Waals surface area contributed by atoms with Gasteiger partial charge in [-0.15, -0.1) is 0 Å². The molecule has 11 rings (SSSR count). The summed E-state index contributed by atoms with van der Waals surface area (Å²) in [7, 11) is 2.95. The molecule has 342 valence electrons. The summed E-state index contributed by atoms with van der Waals surface area (Å²) in [6.07, 6.45) is 1.10. The molecule has 16 heteroatoms. The molecule has 3 aliphatic heterocycles. The van der Waals surface area contributed by atoms with Gasteiger partial charge in [0, 0.05) is 66.2 Å². The number of nitrogens with one attached hydrogen (secondary N) is 1. The van der Waals surface area contributed by atoms with Gasteiger partial charge in [0.15, 0.2) is 0 Å². The van der Waals surface area contributed by atoms with E-state index in [1.54, 1.807) is 49.6 Å². The molecular formula is C51H48F2N8O6. The van der Waals surface area contributed by atoms with E-state index in [0.29, 0.717) is 88.4 Å². The third kappa shape index (κ3) is 9.12. The van der Waals surface area contributed by atoms with E-state index in [2.05, 4.69) is 19.8 Å². The highest BCUT2D eigenvalue weighted by atomic mass is 19.1. The largest absolute Gasteiger partial charge is 0.494 e. The van der Waals surface area contributed by atoms with Gasteiger partial charge in [-0.1, -0.05) is 24.3 Å². The predicted octanol–water partition coefficient (Wildman–Crippen LogP) is 7.05. The van der Waals surface area contributed by atoms with Gasteiger partial charge in [0.25, 0.3) is 0 Å². The van der Waals surface area contributed by atoms with E-state index in [9.17, 15) is 13.6 Å². The van der Waals surface area contributed by atoms with Crippen molar-refractivity contribution in [3.05, 3.63) is 142 Å². The molecule has 5 fully saturated rings. The quantitative estimate of drug-likeness (QED) is 0.110. The van der Waals surface area contributed by atoms with Crippen LogP contribution in [-0.2, 0) is 35.8 Å². The predicted molar refractivity (Wildman–Crippen MR) is 239 cm³/mol. The van der Waals surface area contributed by atoms with Crippen molar-refractivity contribution in [3.8, 4) is 29.6 Å². The third-order valence-corrected chi connectivity index (χ3v) is 13.7. The SMILES string of the molecule is COC(=O)c1cc(OC)c2nc(CN3C[C@@H]4C(c5cccc(OCc6ccc(C#N)cc6F)n5)[C@@H]4C3)n(CC3CCO3)c2c1.N#Cc1ccc(COc2cccc(C3[C@H]4CNC[C@@H]34)n2)c(F)c1. The highest BCUT2D eigenvalue weighted by Gasteiger charge is 2.57. The van der Waals surface area contributed by atoms with Crippen LogP contribution in [0.2, 0.25) is 0 Å². The fourth-order valence-electron chi connectivity index (χ4n) is 9.99. The minimum Gasteiger partial charge on any atom is -0.494 e. The molecule has 14 nitrogen and oxygen atoms in total. The minimum atomic E-state index is -0.465. The molecule has 3 aromatic heterocycles. The van der Waals surface area contributed by atoms with Crippen LogP contribution < -0.4 is 19.5 Å². The summed E-state index contributed by atoms with van der Waals surface area (Å²) >= 11 is 0. The van der Waals surface area contributed by atoms with Crippen molar-refractivity contribution in [2.24, 2.45) is 23.7 Å². The number of ether oxygens (including phenoxy) is 5. The Morgan fingerprint density at radius 1 is 0.791 bits per heavy atom. The highest BCUT2D eigenvalue weighted by molar-refractivity contribution is 5.96. The molecule has 5 aliphatic rings. The molecular weight excluding hydrogens is 859 g/mol. The Hall–Kier alpha value is -6.98. The smallest absolute Gasteiger partial charge is 0.338 e. The van der Waals surface area contributed by atoms with E-state index in [-0.39, 0.29) is 24.9 Å². The molecule has 6 aromatic rings. The summed E-state index contributed by atoms with van der Waals surface area (Å²) in [4.78, 5) is 29.1. The van der Waals surface area contributed by atoms with Gasteiger partial charge in [-0.05, 0) is 91.7 Å². The first-order valence-corrected chi connectivity index (χ1v) is 22.5. The Bertz CT molecular complexity index is 2910. The van der Waals surface area contributed by atoms with Crippen LogP contribution in [0.15, 0.2) is 84.9 Å². The number of aromatic nitrogens is 4. The van der Waals surface area contributed by atoms with Gasteiger partial charge in [0.1, 0.15) is 41.9 Å². The minimum absolute atomic E-state index is 0.0398. The van der Waals surface area contributed by atoms with Gasteiger partial charge in [-0.2, -0.15) is 10.5 Å². The Labute approximate surface area is 386 Å². The van der Waals surface area contributed by atoms with Gasteiger partial charge in [-0.25, -0.2) is 28.5 Å². The maximum atomic E-state index is 14.3. The van der Waals surface area contributed by atoms with Crippen molar-refractivity contribution < 1.29 is 37.3 Å². The molecule has 7 atom stereocenters. The fourth-order valence-corrected chi connectivity index (χ4v) is 9.99. The number of methoxy groups -OCH3 is 2. The number of likely N-dealkylation sites (tertiary alicyclic amines) is 1. The number of halogens is 2. The first kappa shape index (κ1) is 43.9. The average Bonchev–Trinajstić information content (AvgIpc) is 3.94. The Balaban J connectivity index is 0.000000191. The van der Waals surface area contributed by atoms with Gasteiger partial charge in [-0.3, -0.25) is 4.90 Å². The summed E-state index contributed by atoms with van der Waals surface area (Å²) in [6, 6.07) is 27.6. The molecule has 3 unspecified atom stereocenters. The van der Waals surface area contributed by atoms with Crippen LogP contribution in [-0.4, -0.2) is 83.5 Å². The van der Waals surface area contributed by atoms with Crippen LogP contribution in [0, 0.1) is 58.0 Å².